The molecule has 0 atom stereocenters. The molecule has 3 aromatic rings. The molecule has 1 aromatic carbocycles. The number of carbonyl (C=O) groups is 1. The van der Waals surface area contributed by atoms with E-state index in [1.54, 1.807) is 18.3 Å². The lowest BCUT2D eigenvalue weighted by atomic mass is 10.2. The van der Waals surface area contributed by atoms with Crippen LogP contribution in [0.25, 0.3) is 11.0 Å². The number of pyridine rings is 1. The van der Waals surface area contributed by atoms with Crippen LogP contribution in [0.2, 0.25) is 0 Å². The average Bonchev–Trinajstić information content (AvgIpc) is 2.53. The van der Waals surface area contributed by atoms with Crippen molar-refractivity contribution >= 4 is 38.6 Å². The molecular weight excluding hydrogens is 360 g/mol. The monoisotopic (exact) mass is 372 g/mol. The molecule has 2 heterocycles. The SMILES string of the molecule is Cc1ccc(NC(=O)Cn2cnc3ncccc3c2=O)c(Br)c1. The van der Waals surface area contributed by atoms with Gasteiger partial charge in [0.2, 0.25) is 5.91 Å². The molecule has 0 aliphatic heterocycles. The lowest BCUT2D eigenvalue weighted by molar-refractivity contribution is -0.116. The molecule has 0 saturated carbocycles. The zero-order valence-corrected chi connectivity index (χ0v) is 13.9. The summed E-state index contributed by atoms with van der Waals surface area (Å²) in [5.74, 6) is -0.304. The standard InChI is InChI=1S/C16H13BrN4O2/c1-10-4-5-13(12(17)7-10)20-14(22)8-21-9-19-15-11(16(21)23)3-2-6-18-15/h2-7,9H,8H2,1H3,(H,20,22). The van der Waals surface area contributed by atoms with Crippen molar-refractivity contribution in [2.45, 2.75) is 13.5 Å². The molecule has 6 nitrogen and oxygen atoms in total. The van der Waals surface area contributed by atoms with E-state index in [0.717, 1.165) is 10.0 Å². The predicted molar refractivity (Wildman–Crippen MR) is 91.3 cm³/mol. The van der Waals surface area contributed by atoms with E-state index in [4.69, 9.17) is 0 Å². The van der Waals surface area contributed by atoms with Gasteiger partial charge in [-0.15, -0.1) is 0 Å². The van der Waals surface area contributed by atoms with E-state index in [0.29, 0.717) is 16.7 Å². The molecule has 0 fully saturated rings. The summed E-state index contributed by atoms with van der Waals surface area (Å²) in [5, 5.41) is 3.16. The van der Waals surface area contributed by atoms with Gasteiger partial charge in [0, 0.05) is 10.7 Å². The van der Waals surface area contributed by atoms with Crippen molar-refractivity contribution in [2.75, 3.05) is 5.32 Å². The molecule has 7 heteroatoms. The highest BCUT2D eigenvalue weighted by Crippen LogP contribution is 2.23. The molecule has 3 rings (SSSR count). The number of aromatic nitrogens is 3. The van der Waals surface area contributed by atoms with Gasteiger partial charge in [-0.25, -0.2) is 9.97 Å². The van der Waals surface area contributed by atoms with E-state index < -0.39 is 0 Å². The highest BCUT2D eigenvalue weighted by Gasteiger charge is 2.10. The second-order valence-corrected chi connectivity index (χ2v) is 5.94. The topological polar surface area (TPSA) is 76.9 Å². The molecule has 0 radical (unpaired) electrons. The van der Waals surface area contributed by atoms with E-state index in [-0.39, 0.29) is 18.0 Å². The number of aryl methyl sites for hydroxylation is 1. The molecule has 1 N–H and O–H groups in total. The van der Waals surface area contributed by atoms with Gasteiger partial charge in [0.25, 0.3) is 5.56 Å². The third-order valence-corrected chi connectivity index (χ3v) is 3.97. The molecular formula is C16H13BrN4O2. The lowest BCUT2D eigenvalue weighted by Crippen LogP contribution is -2.28. The number of carbonyl (C=O) groups excluding carboxylic acids is 1. The van der Waals surface area contributed by atoms with Crippen molar-refractivity contribution in [2.24, 2.45) is 0 Å². The van der Waals surface area contributed by atoms with E-state index in [2.05, 4.69) is 31.2 Å². The zero-order valence-electron chi connectivity index (χ0n) is 12.3. The van der Waals surface area contributed by atoms with Gasteiger partial charge < -0.3 is 5.32 Å². The first-order valence-corrected chi connectivity index (χ1v) is 7.70. The molecule has 2 aromatic heterocycles. The van der Waals surface area contributed by atoms with Gasteiger partial charge in [-0.3, -0.25) is 14.2 Å². The van der Waals surface area contributed by atoms with Gasteiger partial charge >= 0.3 is 0 Å². The third-order valence-electron chi connectivity index (χ3n) is 3.31. The summed E-state index contributed by atoms with van der Waals surface area (Å²) < 4.78 is 2.06. The number of fused-ring (bicyclic) bond motifs is 1. The van der Waals surface area contributed by atoms with E-state index in [9.17, 15) is 9.59 Å². The average molecular weight is 373 g/mol. The number of anilines is 1. The Bertz CT molecular complexity index is 952. The van der Waals surface area contributed by atoms with Crippen LogP contribution in [0.4, 0.5) is 5.69 Å². The molecule has 23 heavy (non-hydrogen) atoms. The minimum atomic E-state index is -0.304. The van der Waals surface area contributed by atoms with Crippen molar-refractivity contribution in [1.29, 1.82) is 0 Å². The number of nitrogens with one attached hydrogen (secondary N) is 1. The van der Waals surface area contributed by atoms with Crippen LogP contribution in [0.5, 0.6) is 0 Å². The summed E-state index contributed by atoms with van der Waals surface area (Å²) in [5.41, 5.74) is 1.82. The van der Waals surface area contributed by atoms with Crippen LogP contribution >= 0.6 is 15.9 Å². The van der Waals surface area contributed by atoms with Gasteiger partial charge in [-0.05, 0) is 52.7 Å². The van der Waals surface area contributed by atoms with Gasteiger partial charge in [-0.2, -0.15) is 0 Å². The van der Waals surface area contributed by atoms with Gasteiger partial charge in [0.15, 0.2) is 5.65 Å². The minimum absolute atomic E-state index is 0.114. The van der Waals surface area contributed by atoms with Crippen LogP contribution < -0.4 is 10.9 Å². The van der Waals surface area contributed by atoms with Gasteiger partial charge in [-0.1, -0.05) is 6.07 Å². The minimum Gasteiger partial charge on any atom is -0.324 e. The number of benzene rings is 1. The Balaban J connectivity index is 1.83. The van der Waals surface area contributed by atoms with E-state index >= 15 is 0 Å². The van der Waals surface area contributed by atoms with Crippen LogP contribution in [0.15, 0.2) is 52.1 Å². The quantitative estimate of drug-likeness (QED) is 0.766. The number of halogens is 1. The van der Waals surface area contributed by atoms with Crippen molar-refractivity contribution in [3.63, 3.8) is 0 Å². The fraction of sp³-hybridized carbons (Fsp3) is 0.125. The van der Waals surface area contributed by atoms with Crippen molar-refractivity contribution in [3.05, 3.63) is 63.2 Å². The maximum absolute atomic E-state index is 12.3. The summed E-state index contributed by atoms with van der Waals surface area (Å²) in [4.78, 5) is 32.6. The summed E-state index contributed by atoms with van der Waals surface area (Å²) in [7, 11) is 0. The largest absolute Gasteiger partial charge is 0.324 e. The first-order chi connectivity index (χ1) is 11.0. The Morgan fingerprint density at radius 1 is 1.30 bits per heavy atom. The second kappa shape index (κ2) is 6.29. The summed E-state index contributed by atoms with van der Waals surface area (Å²) in [6.45, 7) is 1.85. The van der Waals surface area contributed by atoms with Gasteiger partial charge in [0.05, 0.1) is 11.1 Å². The number of nitrogens with zero attached hydrogens (tertiary/aromatic N) is 3. The predicted octanol–water partition coefficient (Wildman–Crippen LogP) is 2.50. The molecule has 0 aliphatic rings. The first kappa shape index (κ1) is 15.4. The number of rotatable bonds is 3. The highest BCUT2D eigenvalue weighted by atomic mass is 79.9. The van der Waals surface area contributed by atoms with Crippen molar-refractivity contribution < 1.29 is 4.79 Å². The van der Waals surface area contributed by atoms with Crippen molar-refractivity contribution in [3.8, 4) is 0 Å². The number of hydrogen-bond acceptors (Lipinski definition) is 4. The summed E-state index contributed by atoms with van der Waals surface area (Å²) in [6.07, 6.45) is 2.90. The summed E-state index contributed by atoms with van der Waals surface area (Å²) in [6, 6.07) is 8.92. The summed E-state index contributed by atoms with van der Waals surface area (Å²) >= 11 is 3.40. The molecule has 0 unspecified atom stereocenters. The molecule has 0 bridgehead atoms. The molecule has 0 aliphatic carbocycles. The smallest absolute Gasteiger partial charge is 0.263 e. The van der Waals surface area contributed by atoms with Crippen LogP contribution in [-0.2, 0) is 11.3 Å². The molecule has 0 spiro atoms. The Morgan fingerprint density at radius 3 is 2.91 bits per heavy atom. The van der Waals surface area contributed by atoms with Gasteiger partial charge in [0.1, 0.15) is 12.9 Å². The molecule has 0 saturated heterocycles. The first-order valence-electron chi connectivity index (χ1n) is 6.91. The third kappa shape index (κ3) is 3.29. The lowest BCUT2D eigenvalue weighted by Gasteiger charge is -2.09. The fourth-order valence-electron chi connectivity index (χ4n) is 2.18. The Labute approximate surface area is 140 Å². The van der Waals surface area contributed by atoms with Crippen molar-refractivity contribution in [1.82, 2.24) is 14.5 Å². The zero-order chi connectivity index (χ0) is 16.4. The second-order valence-electron chi connectivity index (χ2n) is 5.08. The fourth-order valence-corrected chi connectivity index (χ4v) is 2.77. The van der Waals surface area contributed by atoms with Crippen LogP contribution in [0, 0.1) is 6.92 Å². The maximum Gasteiger partial charge on any atom is 0.263 e. The Morgan fingerprint density at radius 2 is 2.13 bits per heavy atom. The highest BCUT2D eigenvalue weighted by molar-refractivity contribution is 9.10. The molecule has 1 amide bonds. The Hall–Kier alpha value is -2.54. The normalized spacial score (nSPS) is 10.7. The Kier molecular flexibility index (Phi) is 4.20. The van der Waals surface area contributed by atoms with E-state index in [1.807, 2.05) is 25.1 Å². The van der Waals surface area contributed by atoms with E-state index in [1.165, 1.54) is 10.9 Å². The number of hydrogen-bond donors (Lipinski definition) is 1. The van der Waals surface area contributed by atoms with Crippen LogP contribution in [0.1, 0.15) is 5.56 Å². The maximum atomic E-state index is 12.3. The number of amides is 1. The van der Waals surface area contributed by atoms with Crippen LogP contribution in [0.3, 0.4) is 0 Å². The molecule has 116 valence electrons. The van der Waals surface area contributed by atoms with Crippen LogP contribution in [-0.4, -0.2) is 20.4 Å².